The highest BCUT2D eigenvalue weighted by atomic mass is 32.1. The average Bonchev–Trinajstić information content (AvgIpc) is 3.68. The predicted octanol–water partition coefficient (Wildman–Crippen LogP) is 11.5. The lowest BCUT2D eigenvalue weighted by Gasteiger charge is -2.08. The average molecular weight is 642 g/mol. The van der Waals surface area contributed by atoms with Crippen molar-refractivity contribution in [2.24, 2.45) is 11.7 Å². The molecule has 0 atom stereocenters. The number of aromatic nitrogens is 1. The van der Waals surface area contributed by atoms with Gasteiger partial charge in [0.15, 0.2) is 0 Å². The molecule has 0 bridgehead atoms. The van der Waals surface area contributed by atoms with Gasteiger partial charge in [-0.2, -0.15) is 0 Å². The number of hydrazine groups is 1. The molecule has 4 heteroatoms. The summed E-state index contributed by atoms with van der Waals surface area (Å²) in [5.74, 6) is 8.00. The highest BCUT2D eigenvalue weighted by Gasteiger charge is 2.17. The molecule has 0 spiro atoms. The van der Waals surface area contributed by atoms with Gasteiger partial charge in [0.2, 0.25) is 0 Å². The van der Waals surface area contributed by atoms with Crippen LogP contribution in [0.25, 0.3) is 59.3 Å². The van der Waals surface area contributed by atoms with Gasteiger partial charge in [-0.15, -0.1) is 11.3 Å². The van der Waals surface area contributed by atoms with Gasteiger partial charge in [0.1, 0.15) is 0 Å². The van der Waals surface area contributed by atoms with Crippen LogP contribution in [0.3, 0.4) is 0 Å². The Bertz CT molecular complexity index is 2350. The first kappa shape index (κ1) is 32.4. The lowest BCUT2D eigenvalue weighted by molar-refractivity contribution is 1.17. The van der Waals surface area contributed by atoms with E-state index in [1.807, 2.05) is 41.7 Å². The molecule has 0 aliphatic carbocycles. The molecule has 48 heavy (non-hydrogen) atoms. The van der Waals surface area contributed by atoms with Crippen molar-refractivity contribution in [1.29, 1.82) is 0 Å². The third-order valence-corrected chi connectivity index (χ3v) is 9.54. The zero-order chi connectivity index (χ0) is 33.3. The van der Waals surface area contributed by atoms with Crippen LogP contribution in [0.1, 0.15) is 11.1 Å². The first-order chi connectivity index (χ1) is 23.7. The molecule has 0 amide bonds. The number of benzene rings is 6. The summed E-state index contributed by atoms with van der Waals surface area (Å²) in [6, 6.07) is 51.8. The minimum Gasteiger partial charge on any atom is -0.314 e. The number of hydrogen-bond acceptors (Lipinski definition) is 3. The van der Waals surface area contributed by atoms with E-state index in [1.165, 1.54) is 69.8 Å². The second-order valence-electron chi connectivity index (χ2n) is 11.5. The maximum atomic E-state index is 4.00. The van der Waals surface area contributed by atoms with Gasteiger partial charge >= 0.3 is 0 Å². The maximum Gasteiger partial charge on any atom is 0.0714 e. The van der Waals surface area contributed by atoms with Gasteiger partial charge in [-0.1, -0.05) is 158 Å². The lowest BCUT2D eigenvalue weighted by atomic mass is 10.0. The van der Waals surface area contributed by atoms with Crippen LogP contribution >= 0.6 is 11.3 Å². The molecule has 0 radical (unpaired) electrons. The minimum absolute atomic E-state index is 0.844. The van der Waals surface area contributed by atoms with Gasteiger partial charge in [0.05, 0.1) is 15.7 Å². The van der Waals surface area contributed by atoms with E-state index in [0.717, 1.165) is 6.42 Å². The van der Waals surface area contributed by atoms with E-state index in [1.54, 1.807) is 0 Å². The number of allylic oxidation sites excluding steroid dienone is 4. The molecule has 6 aromatic carbocycles. The Balaban J connectivity index is 0.000000393. The molecule has 0 saturated carbocycles. The summed E-state index contributed by atoms with van der Waals surface area (Å²) in [7, 11) is 0. The number of nitrogens with zero attached hydrogens (tertiary/aromatic N) is 1. The smallest absolute Gasteiger partial charge is 0.0714 e. The van der Waals surface area contributed by atoms with Crippen LogP contribution in [-0.2, 0) is 6.42 Å². The van der Waals surface area contributed by atoms with E-state index in [2.05, 4.69) is 169 Å². The van der Waals surface area contributed by atoms with Crippen molar-refractivity contribution in [3.63, 3.8) is 0 Å². The third-order valence-electron chi connectivity index (χ3n) is 8.35. The minimum atomic E-state index is 0.844. The number of fused-ring (bicyclic) bond motifs is 7. The van der Waals surface area contributed by atoms with Crippen LogP contribution in [0, 0.1) is 6.92 Å². The number of thiophene rings is 1. The Morgan fingerprint density at radius 1 is 0.667 bits per heavy atom. The van der Waals surface area contributed by atoms with Crippen molar-refractivity contribution < 1.29 is 0 Å². The summed E-state index contributed by atoms with van der Waals surface area (Å²) >= 11 is 1.89. The van der Waals surface area contributed by atoms with Crippen molar-refractivity contribution in [2.45, 2.75) is 13.3 Å². The Kier molecular flexibility index (Phi) is 10.4. The number of rotatable bonds is 6. The van der Waals surface area contributed by atoms with E-state index >= 15 is 0 Å². The molecule has 0 aliphatic rings. The van der Waals surface area contributed by atoms with Gasteiger partial charge in [0, 0.05) is 32.4 Å². The molecular weight excluding hydrogens is 603 g/mol. The number of hydrogen-bond donors (Lipinski definition) is 2. The van der Waals surface area contributed by atoms with E-state index in [0.29, 0.717) is 0 Å². The summed E-state index contributed by atoms with van der Waals surface area (Å²) in [4.78, 5) is 0. The largest absolute Gasteiger partial charge is 0.314 e. The molecule has 0 aliphatic heterocycles. The Hall–Kier alpha value is -5.52. The standard InChI is InChI=1S/C37H27NS.C7H8.H4N2/c1-2-3-12-27(23-26-13-6-4-7-14-26)25-38-34-22-19-29(28-15-8-5-9-16-28)24-33(34)31-20-21-32-30-17-10-11-18-35(30)39-37(32)36(31)38;1-7-5-3-2-4-6-7;1-2/h2-22,24-25H,1,23H2;2-6H,1H3;1-2H2/b12-3-,27-25+;;. The molecule has 2 aromatic heterocycles. The van der Waals surface area contributed by atoms with Crippen molar-refractivity contribution in [3.8, 4) is 11.1 Å². The SMILES string of the molecule is C=C/C=C\C(=C/n1c2ccc(-c3ccccc3)cc2c2ccc3c4ccccc4sc3c21)Cc1ccccc1.Cc1ccccc1.NN. The molecule has 2 heterocycles. The van der Waals surface area contributed by atoms with Crippen molar-refractivity contribution >= 4 is 59.5 Å². The summed E-state index contributed by atoms with van der Waals surface area (Å²) in [6.07, 6.45) is 9.23. The van der Waals surface area contributed by atoms with Crippen molar-refractivity contribution in [2.75, 3.05) is 0 Å². The summed E-state index contributed by atoms with van der Waals surface area (Å²) in [6.45, 7) is 6.00. The predicted molar refractivity (Wildman–Crippen MR) is 211 cm³/mol. The lowest BCUT2D eigenvalue weighted by Crippen LogP contribution is -2.02. The summed E-state index contributed by atoms with van der Waals surface area (Å²) in [5, 5.41) is 5.19. The first-order valence-electron chi connectivity index (χ1n) is 16.0. The molecule has 4 N–H and O–H groups in total. The maximum absolute atomic E-state index is 4.00. The number of nitrogens with two attached hydrogens (primary N) is 2. The second-order valence-corrected chi connectivity index (χ2v) is 12.6. The first-order valence-corrected chi connectivity index (χ1v) is 16.8. The van der Waals surface area contributed by atoms with Gasteiger partial charge in [-0.25, -0.2) is 0 Å². The molecule has 8 rings (SSSR count). The zero-order valence-corrected chi connectivity index (χ0v) is 27.9. The van der Waals surface area contributed by atoms with Gasteiger partial charge < -0.3 is 4.57 Å². The van der Waals surface area contributed by atoms with Crippen LogP contribution in [-0.4, -0.2) is 4.57 Å². The Morgan fingerprint density at radius 3 is 2.00 bits per heavy atom. The van der Waals surface area contributed by atoms with E-state index < -0.39 is 0 Å². The molecule has 0 unspecified atom stereocenters. The fraction of sp³-hybridized carbons (Fsp3) is 0.0455. The third kappa shape index (κ3) is 6.92. The number of aryl methyl sites for hydroxylation is 1. The van der Waals surface area contributed by atoms with Gasteiger partial charge in [-0.05, 0) is 53.8 Å². The van der Waals surface area contributed by atoms with Crippen LogP contribution < -0.4 is 11.7 Å². The molecule has 0 fully saturated rings. The van der Waals surface area contributed by atoms with Crippen LogP contribution in [0.15, 0.2) is 176 Å². The van der Waals surface area contributed by atoms with Gasteiger partial charge in [-0.3, -0.25) is 11.7 Å². The van der Waals surface area contributed by atoms with Crippen molar-refractivity contribution in [3.05, 3.63) is 187 Å². The van der Waals surface area contributed by atoms with Crippen molar-refractivity contribution in [1.82, 2.24) is 4.57 Å². The zero-order valence-electron chi connectivity index (χ0n) is 27.1. The van der Waals surface area contributed by atoms with Crippen LogP contribution in [0.2, 0.25) is 0 Å². The molecular formula is C44H39N3S. The fourth-order valence-electron chi connectivity index (χ4n) is 6.13. The Morgan fingerprint density at radius 2 is 1.31 bits per heavy atom. The van der Waals surface area contributed by atoms with E-state index in [-0.39, 0.29) is 0 Å². The van der Waals surface area contributed by atoms with Gasteiger partial charge in [0.25, 0.3) is 0 Å². The normalized spacial score (nSPS) is 11.4. The summed E-state index contributed by atoms with van der Waals surface area (Å²) in [5.41, 5.74) is 8.79. The highest BCUT2D eigenvalue weighted by Crippen LogP contribution is 2.42. The fourth-order valence-corrected chi connectivity index (χ4v) is 7.38. The van der Waals surface area contributed by atoms with Crippen LogP contribution in [0.5, 0.6) is 0 Å². The molecule has 3 nitrogen and oxygen atoms in total. The quantitative estimate of drug-likeness (QED) is 0.108. The Labute approximate surface area is 286 Å². The highest BCUT2D eigenvalue weighted by molar-refractivity contribution is 7.26. The molecule has 8 aromatic rings. The second kappa shape index (κ2) is 15.4. The molecule has 236 valence electrons. The summed E-state index contributed by atoms with van der Waals surface area (Å²) < 4.78 is 5.07. The molecule has 0 saturated heterocycles. The van der Waals surface area contributed by atoms with Crippen LogP contribution in [0.4, 0.5) is 0 Å². The monoisotopic (exact) mass is 641 g/mol. The van der Waals surface area contributed by atoms with E-state index in [9.17, 15) is 0 Å². The van der Waals surface area contributed by atoms with E-state index in [4.69, 9.17) is 0 Å². The topological polar surface area (TPSA) is 57.0 Å².